The summed E-state index contributed by atoms with van der Waals surface area (Å²) in [5, 5.41) is 2.29. The van der Waals surface area contributed by atoms with E-state index in [4.69, 9.17) is 28.1 Å². The Bertz CT molecular complexity index is 1700. The van der Waals surface area contributed by atoms with Gasteiger partial charge in [0.1, 0.15) is 22.8 Å². The van der Waals surface area contributed by atoms with Crippen molar-refractivity contribution in [1.29, 1.82) is 0 Å². The second-order valence-corrected chi connectivity index (χ2v) is 10.0. The highest BCUT2D eigenvalue weighted by Crippen LogP contribution is 2.41. The lowest BCUT2D eigenvalue weighted by atomic mass is 10.1. The highest BCUT2D eigenvalue weighted by molar-refractivity contribution is 8.18. The van der Waals surface area contributed by atoms with Crippen molar-refractivity contribution >= 4 is 40.0 Å². The zero-order valence-electron chi connectivity index (χ0n) is 23.1. The van der Waals surface area contributed by atoms with E-state index in [0.717, 1.165) is 17.3 Å². The van der Waals surface area contributed by atoms with E-state index in [1.165, 1.54) is 27.4 Å². The fraction of sp³-hybridized carbons (Fsp3) is 0.194. The third-order valence-electron chi connectivity index (χ3n) is 6.30. The van der Waals surface area contributed by atoms with Gasteiger partial charge in [0.05, 0.1) is 44.8 Å². The maximum Gasteiger partial charge on any atom is 0.290 e. The molecule has 3 aromatic carbocycles. The number of carbonyl (C=O) groups excluding carboxylic acids is 2. The van der Waals surface area contributed by atoms with E-state index in [1.54, 1.807) is 48.5 Å². The molecule has 10 nitrogen and oxygen atoms in total. The molecule has 0 spiro atoms. The zero-order valence-corrected chi connectivity index (χ0v) is 23.9. The van der Waals surface area contributed by atoms with Gasteiger partial charge in [-0.25, -0.2) is 0 Å². The van der Waals surface area contributed by atoms with Gasteiger partial charge in [-0.1, -0.05) is 12.1 Å². The second kappa shape index (κ2) is 12.7. The van der Waals surface area contributed by atoms with E-state index in [0.29, 0.717) is 75.6 Å². The van der Waals surface area contributed by atoms with Crippen LogP contribution in [-0.2, 0) is 4.79 Å². The fourth-order valence-corrected chi connectivity index (χ4v) is 4.94. The van der Waals surface area contributed by atoms with Gasteiger partial charge in [-0.3, -0.25) is 19.7 Å². The quantitative estimate of drug-likeness (QED) is 0.173. The molecule has 11 heteroatoms. The number of carbonyl (C=O) groups is 2. The average molecular weight is 590 g/mol. The molecule has 5 rings (SSSR count). The summed E-state index contributed by atoms with van der Waals surface area (Å²) in [4.78, 5) is 36.2. The lowest BCUT2D eigenvalue weighted by molar-refractivity contribution is -0.115. The number of hydrogen-bond acceptors (Lipinski definition) is 10. The van der Waals surface area contributed by atoms with Crippen molar-refractivity contribution < 1.29 is 37.7 Å². The molecule has 216 valence electrons. The molecule has 2 amide bonds. The number of hydrogen-bond donors (Lipinski definition) is 1. The van der Waals surface area contributed by atoms with E-state index >= 15 is 0 Å². The maximum absolute atomic E-state index is 12.8. The summed E-state index contributed by atoms with van der Waals surface area (Å²) in [5.41, 5.74) is 1.57. The Hall–Kier alpha value is -4.90. The highest BCUT2D eigenvalue weighted by atomic mass is 32.2. The molecule has 1 fully saturated rings. The molecule has 0 saturated carbocycles. The summed E-state index contributed by atoms with van der Waals surface area (Å²) in [6.45, 7) is 0.800. The van der Waals surface area contributed by atoms with E-state index in [1.807, 2.05) is 12.1 Å². The standard InChI is InChI=1S/C31H27NO9S/c1-36-26-14-19(15-27(37-2)29(26)38-3)24-17-23(33)22-10-9-21(16-25(22)41-24)40-12-4-11-39-20-7-5-18(6-8-20)13-28-30(34)32-31(35)42-28/h5-10,13-17H,4,11-12H2,1-3H3,(H,32,34,35). The van der Waals surface area contributed by atoms with Crippen LogP contribution in [0.4, 0.5) is 4.79 Å². The molecule has 1 saturated heterocycles. The Kier molecular flexibility index (Phi) is 8.68. The smallest absolute Gasteiger partial charge is 0.290 e. The molecule has 4 aromatic rings. The topological polar surface area (TPSA) is 123 Å². The van der Waals surface area contributed by atoms with E-state index in [2.05, 4.69) is 5.32 Å². The van der Waals surface area contributed by atoms with Crippen LogP contribution in [0, 0.1) is 0 Å². The van der Waals surface area contributed by atoms with E-state index < -0.39 is 5.91 Å². The first-order valence-corrected chi connectivity index (χ1v) is 13.7. The number of ether oxygens (including phenoxy) is 5. The summed E-state index contributed by atoms with van der Waals surface area (Å²) in [7, 11) is 4.56. The normalized spacial score (nSPS) is 13.7. The van der Waals surface area contributed by atoms with Gasteiger partial charge >= 0.3 is 0 Å². The van der Waals surface area contributed by atoms with Gasteiger partial charge in [0.15, 0.2) is 16.9 Å². The van der Waals surface area contributed by atoms with Crippen LogP contribution in [0.3, 0.4) is 0 Å². The first kappa shape index (κ1) is 28.6. The highest BCUT2D eigenvalue weighted by Gasteiger charge is 2.24. The molecule has 0 atom stereocenters. The summed E-state index contributed by atoms with van der Waals surface area (Å²) in [6.07, 6.45) is 2.26. The minimum absolute atomic E-state index is 0.194. The van der Waals surface area contributed by atoms with Gasteiger partial charge in [-0.05, 0) is 59.8 Å². The van der Waals surface area contributed by atoms with Crippen LogP contribution in [0.1, 0.15) is 12.0 Å². The number of thioether (sulfide) groups is 1. The Labute approximate surface area is 245 Å². The Morgan fingerprint density at radius 2 is 1.48 bits per heavy atom. The lowest BCUT2D eigenvalue weighted by Gasteiger charge is -2.14. The largest absolute Gasteiger partial charge is 0.493 e. The van der Waals surface area contributed by atoms with Crippen LogP contribution in [0.5, 0.6) is 28.7 Å². The van der Waals surface area contributed by atoms with Gasteiger partial charge in [0, 0.05) is 24.1 Å². The molecule has 1 N–H and O–H groups in total. The van der Waals surface area contributed by atoms with Gasteiger partial charge in [-0.2, -0.15) is 0 Å². The molecule has 0 unspecified atom stereocenters. The third-order valence-corrected chi connectivity index (χ3v) is 7.11. The predicted molar refractivity (Wildman–Crippen MR) is 159 cm³/mol. The Morgan fingerprint density at radius 3 is 2.10 bits per heavy atom. The number of imide groups is 1. The number of nitrogens with one attached hydrogen (secondary N) is 1. The molecular weight excluding hydrogens is 562 g/mol. The molecular formula is C31H27NO9S. The zero-order chi connectivity index (χ0) is 29.6. The molecule has 1 aromatic heterocycles. The van der Waals surface area contributed by atoms with Crippen molar-refractivity contribution in [2.24, 2.45) is 0 Å². The van der Waals surface area contributed by atoms with Crippen molar-refractivity contribution in [3.63, 3.8) is 0 Å². The first-order valence-electron chi connectivity index (χ1n) is 12.9. The van der Waals surface area contributed by atoms with Crippen molar-refractivity contribution in [3.05, 3.63) is 81.4 Å². The predicted octanol–water partition coefficient (Wildman–Crippen LogP) is 5.66. The van der Waals surface area contributed by atoms with Crippen molar-refractivity contribution in [2.75, 3.05) is 34.5 Å². The number of rotatable bonds is 11. The number of fused-ring (bicyclic) bond motifs is 1. The van der Waals surface area contributed by atoms with Crippen LogP contribution in [0.15, 0.2) is 74.8 Å². The monoisotopic (exact) mass is 589 g/mol. The Balaban J connectivity index is 1.20. The molecule has 0 radical (unpaired) electrons. The first-order chi connectivity index (χ1) is 20.4. The van der Waals surface area contributed by atoms with Gasteiger partial charge in [0.25, 0.3) is 11.1 Å². The fourth-order valence-electron chi connectivity index (χ4n) is 4.26. The Morgan fingerprint density at radius 1 is 0.810 bits per heavy atom. The van der Waals surface area contributed by atoms with Crippen LogP contribution >= 0.6 is 11.8 Å². The van der Waals surface area contributed by atoms with Crippen LogP contribution in [-0.4, -0.2) is 45.7 Å². The van der Waals surface area contributed by atoms with Gasteiger partial charge in [0.2, 0.25) is 5.75 Å². The van der Waals surface area contributed by atoms with Gasteiger partial charge in [-0.15, -0.1) is 0 Å². The molecule has 1 aliphatic rings. The SMILES string of the molecule is COc1cc(-c2cc(=O)c3ccc(OCCCOc4ccc(C=C5SC(=O)NC5=O)cc4)cc3o2)cc(OC)c1OC. The number of benzene rings is 3. The van der Waals surface area contributed by atoms with Crippen molar-refractivity contribution in [3.8, 4) is 40.1 Å². The number of amides is 2. The minimum atomic E-state index is -0.391. The van der Waals surface area contributed by atoms with Crippen molar-refractivity contribution in [1.82, 2.24) is 5.32 Å². The maximum atomic E-state index is 12.8. The minimum Gasteiger partial charge on any atom is -0.493 e. The molecule has 42 heavy (non-hydrogen) atoms. The summed E-state index contributed by atoms with van der Waals surface area (Å²) in [6, 6.07) is 17.1. The van der Waals surface area contributed by atoms with Crippen LogP contribution < -0.4 is 34.4 Å². The number of methoxy groups -OCH3 is 3. The third kappa shape index (κ3) is 6.36. The summed E-state index contributed by atoms with van der Waals surface area (Å²) >= 11 is 0.876. The van der Waals surface area contributed by atoms with Crippen molar-refractivity contribution in [2.45, 2.75) is 6.42 Å². The average Bonchev–Trinajstić information content (AvgIpc) is 3.32. The lowest BCUT2D eigenvalue weighted by Crippen LogP contribution is -2.17. The van der Waals surface area contributed by atoms with Crippen LogP contribution in [0.25, 0.3) is 28.4 Å². The summed E-state index contributed by atoms with van der Waals surface area (Å²) in [5.74, 6) is 2.50. The molecule has 1 aliphatic heterocycles. The second-order valence-electron chi connectivity index (χ2n) is 9.02. The van der Waals surface area contributed by atoms with Crippen LogP contribution in [0.2, 0.25) is 0 Å². The van der Waals surface area contributed by atoms with E-state index in [9.17, 15) is 14.4 Å². The van der Waals surface area contributed by atoms with E-state index in [-0.39, 0.29) is 10.7 Å². The van der Waals surface area contributed by atoms with Gasteiger partial charge < -0.3 is 28.1 Å². The molecule has 0 aliphatic carbocycles. The molecule has 0 bridgehead atoms. The molecule has 2 heterocycles. The summed E-state index contributed by atoms with van der Waals surface area (Å²) < 4.78 is 34.0.